The van der Waals surface area contributed by atoms with E-state index in [9.17, 15) is 4.79 Å². The maximum Gasteiger partial charge on any atom is 0.226 e. The number of aryl methyl sites for hydroxylation is 1. The molecule has 0 spiro atoms. The number of carbonyl (C=O) groups excluding carboxylic acids is 1. The number of furan rings is 1. The fourth-order valence-corrected chi connectivity index (χ4v) is 5.87. The SMILES string of the molecule is C=C1CC[C@@H]2[C@](C)(CCC[C@]2(C)C(=O)NCCO)[C@H]1CCc1ccoc1. The van der Waals surface area contributed by atoms with E-state index in [4.69, 9.17) is 9.52 Å². The molecule has 2 aliphatic carbocycles. The average Bonchev–Trinajstić information content (AvgIpc) is 3.12. The normalized spacial score (nSPS) is 34.3. The molecular weight excluding hydrogens is 326 g/mol. The number of hydrogen-bond acceptors (Lipinski definition) is 3. The van der Waals surface area contributed by atoms with Crippen LogP contribution in [0.4, 0.5) is 0 Å². The molecule has 144 valence electrons. The van der Waals surface area contributed by atoms with E-state index in [0.29, 0.717) is 18.4 Å². The van der Waals surface area contributed by atoms with Crippen molar-refractivity contribution in [2.75, 3.05) is 13.2 Å². The van der Waals surface area contributed by atoms with Gasteiger partial charge in [0.15, 0.2) is 0 Å². The lowest BCUT2D eigenvalue weighted by Crippen LogP contribution is -2.56. The summed E-state index contributed by atoms with van der Waals surface area (Å²) in [5.74, 6) is 0.923. The van der Waals surface area contributed by atoms with Gasteiger partial charge in [-0.3, -0.25) is 4.79 Å². The first kappa shape index (κ1) is 19.2. The van der Waals surface area contributed by atoms with Crippen LogP contribution in [0.3, 0.4) is 0 Å². The molecule has 2 aliphatic rings. The number of nitrogens with one attached hydrogen (secondary N) is 1. The Hall–Kier alpha value is -1.55. The largest absolute Gasteiger partial charge is 0.472 e. The summed E-state index contributed by atoms with van der Waals surface area (Å²) in [5, 5.41) is 12.0. The van der Waals surface area contributed by atoms with Crippen LogP contribution in [0.1, 0.15) is 57.9 Å². The maximum absolute atomic E-state index is 13.0. The van der Waals surface area contributed by atoms with Gasteiger partial charge >= 0.3 is 0 Å². The minimum atomic E-state index is -0.350. The molecule has 4 nitrogen and oxygen atoms in total. The molecule has 1 heterocycles. The smallest absolute Gasteiger partial charge is 0.226 e. The summed E-state index contributed by atoms with van der Waals surface area (Å²) in [6.45, 7) is 9.28. The molecule has 0 aromatic carbocycles. The zero-order valence-corrected chi connectivity index (χ0v) is 16.2. The van der Waals surface area contributed by atoms with Gasteiger partial charge < -0.3 is 14.8 Å². The predicted octanol–water partition coefficient (Wildman–Crippen LogP) is 4.10. The minimum absolute atomic E-state index is 0.00607. The molecule has 2 N–H and O–H groups in total. The summed E-state index contributed by atoms with van der Waals surface area (Å²) < 4.78 is 5.22. The summed E-state index contributed by atoms with van der Waals surface area (Å²) in [7, 11) is 0. The van der Waals surface area contributed by atoms with Crippen LogP contribution >= 0.6 is 0 Å². The fraction of sp³-hybridized carbons (Fsp3) is 0.682. The van der Waals surface area contributed by atoms with Crippen molar-refractivity contribution in [3.8, 4) is 0 Å². The summed E-state index contributed by atoms with van der Waals surface area (Å²) >= 11 is 0. The molecular formula is C22H33NO3. The van der Waals surface area contributed by atoms with E-state index in [1.807, 2.05) is 12.3 Å². The fourth-order valence-electron chi connectivity index (χ4n) is 5.87. The van der Waals surface area contributed by atoms with Crippen LogP contribution in [0, 0.1) is 22.7 Å². The Kier molecular flexibility index (Phi) is 5.61. The highest BCUT2D eigenvalue weighted by Gasteiger charge is 2.56. The predicted molar refractivity (Wildman–Crippen MR) is 103 cm³/mol. The highest BCUT2D eigenvalue weighted by atomic mass is 16.3. The van der Waals surface area contributed by atoms with Gasteiger partial charge in [0.05, 0.1) is 19.1 Å². The molecule has 1 aromatic rings. The van der Waals surface area contributed by atoms with Crippen molar-refractivity contribution in [2.45, 2.75) is 58.8 Å². The standard InChI is InChI=1S/C22H33NO3/c1-16-5-8-19-21(2,18(16)7-6-17-9-14-26-15-17)10-4-11-22(19,3)20(25)23-12-13-24/h9,14-15,18-19,24H,1,4-8,10-13H2,2-3H3,(H,23,25)/t18-,19+,21+,22-/m0/s1. The number of aliphatic hydroxyl groups excluding tert-OH is 1. The van der Waals surface area contributed by atoms with Crippen LogP contribution in [-0.4, -0.2) is 24.2 Å². The van der Waals surface area contributed by atoms with Gasteiger partial charge in [0.25, 0.3) is 0 Å². The lowest BCUT2D eigenvalue weighted by Gasteiger charge is -2.58. The first-order valence-corrected chi connectivity index (χ1v) is 9.99. The lowest BCUT2D eigenvalue weighted by molar-refractivity contribution is -0.146. The molecule has 0 aliphatic heterocycles. The number of carbonyl (C=O) groups is 1. The van der Waals surface area contributed by atoms with Gasteiger partial charge in [-0.2, -0.15) is 0 Å². The van der Waals surface area contributed by atoms with Gasteiger partial charge in [0.2, 0.25) is 5.91 Å². The van der Waals surface area contributed by atoms with E-state index in [-0.39, 0.29) is 23.3 Å². The number of aliphatic hydroxyl groups is 1. The Morgan fingerprint density at radius 3 is 2.92 bits per heavy atom. The van der Waals surface area contributed by atoms with Gasteiger partial charge in [-0.25, -0.2) is 0 Å². The van der Waals surface area contributed by atoms with Crippen molar-refractivity contribution >= 4 is 5.91 Å². The van der Waals surface area contributed by atoms with Crippen molar-refractivity contribution in [3.05, 3.63) is 36.3 Å². The molecule has 0 unspecified atom stereocenters. The second-order valence-corrected chi connectivity index (χ2v) is 8.73. The monoisotopic (exact) mass is 359 g/mol. The van der Waals surface area contributed by atoms with E-state index in [1.54, 1.807) is 6.26 Å². The topological polar surface area (TPSA) is 62.5 Å². The molecule has 2 fully saturated rings. The number of hydrogen-bond donors (Lipinski definition) is 2. The molecule has 4 heteroatoms. The highest BCUT2D eigenvalue weighted by Crippen LogP contribution is 2.61. The molecule has 0 radical (unpaired) electrons. The highest BCUT2D eigenvalue weighted by molar-refractivity contribution is 5.83. The van der Waals surface area contributed by atoms with Crippen LogP contribution in [-0.2, 0) is 11.2 Å². The van der Waals surface area contributed by atoms with Crippen LogP contribution < -0.4 is 5.32 Å². The number of amides is 1. The van der Waals surface area contributed by atoms with E-state index in [2.05, 4.69) is 25.7 Å². The lowest BCUT2D eigenvalue weighted by atomic mass is 9.46. The molecule has 26 heavy (non-hydrogen) atoms. The third-order valence-electron chi connectivity index (χ3n) is 7.24. The van der Waals surface area contributed by atoms with E-state index in [1.165, 1.54) is 11.1 Å². The number of fused-ring (bicyclic) bond motifs is 1. The quantitative estimate of drug-likeness (QED) is 0.752. The zero-order valence-electron chi connectivity index (χ0n) is 16.2. The molecule has 2 saturated carbocycles. The Labute approximate surface area is 157 Å². The summed E-state index contributed by atoms with van der Waals surface area (Å²) in [5.41, 5.74) is 2.36. The summed E-state index contributed by atoms with van der Waals surface area (Å²) in [4.78, 5) is 13.0. The Bertz CT molecular complexity index is 638. The average molecular weight is 360 g/mol. The van der Waals surface area contributed by atoms with Crippen LogP contribution in [0.25, 0.3) is 0 Å². The van der Waals surface area contributed by atoms with E-state index in [0.717, 1.165) is 44.9 Å². The van der Waals surface area contributed by atoms with Gasteiger partial charge in [-0.1, -0.05) is 32.4 Å². The third kappa shape index (κ3) is 3.36. The second-order valence-electron chi connectivity index (χ2n) is 8.73. The van der Waals surface area contributed by atoms with Gasteiger partial charge in [-0.15, -0.1) is 0 Å². The van der Waals surface area contributed by atoms with Crippen LogP contribution in [0.2, 0.25) is 0 Å². The maximum atomic E-state index is 13.0. The molecule has 1 aromatic heterocycles. The van der Waals surface area contributed by atoms with Crippen LogP contribution in [0.5, 0.6) is 0 Å². The van der Waals surface area contributed by atoms with E-state index < -0.39 is 0 Å². The Morgan fingerprint density at radius 1 is 1.42 bits per heavy atom. The van der Waals surface area contributed by atoms with Crippen LogP contribution in [0.15, 0.2) is 35.2 Å². The second kappa shape index (κ2) is 7.59. The molecule has 0 saturated heterocycles. The molecule has 1 amide bonds. The third-order valence-corrected chi connectivity index (χ3v) is 7.24. The van der Waals surface area contributed by atoms with Gasteiger partial charge in [0.1, 0.15) is 0 Å². The summed E-state index contributed by atoms with van der Waals surface area (Å²) in [6, 6.07) is 2.04. The van der Waals surface area contributed by atoms with Crippen molar-refractivity contribution in [3.63, 3.8) is 0 Å². The first-order chi connectivity index (χ1) is 12.4. The number of rotatable bonds is 6. The first-order valence-electron chi connectivity index (χ1n) is 9.99. The Balaban J connectivity index is 1.82. The van der Waals surface area contributed by atoms with Crippen molar-refractivity contribution in [2.24, 2.45) is 22.7 Å². The van der Waals surface area contributed by atoms with Gasteiger partial charge in [0, 0.05) is 12.0 Å². The molecule has 3 rings (SSSR count). The number of allylic oxidation sites excluding steroid dienone is 1. The summed E-state index contributed by atoms with van der Waals surface area (Å²) in [6.07, 6.45) is 10.9. The van der Waals surface area contributed by atoms with E-state index >= 15 is 0 Å². The minimum Gasteiger partial charge on any atom is -0.472 e. The van der Waals surface area contributed by atoms with Gasteiger partial charge in [-0.05, 0) is 67.4 Å². The zero-order chi connectivity index (χ0) is 18.8. The van der Waals surface area contributed by atoms with Crippen molar-refractivity contribution < 1.29 is 14.3 Å². The van der Waals surface area contributed by atoms with Crippen molar-refractivity contribution in [1.29, 1.82) is 0 Å². The van der Waals surface area contributed by atoms with Crippen molar-refractivity contribution in [1.82, 2.24) is 5.32 Å². The Morgan fingerprint density at radius 2 is 2.23 bits per heavy atom. The molecule has 0 bridgehead atoms. The molecule has 4 atom stereocenters.